The molecule has 142 valence electrons. The molecule has 0 radical (unpaired) electrons. The maximum Gasteiger partial charge on any atom is 0.123 e. The number of nitrogens with one attached hydrogen (secondary N) is 1. The predicted octanol–water partition coefficient (Wildman–Crippen LogP) is 3.57. The summed E-state index contributed by atoms with van der Waals surface area (Å²) in [5.74, 6) is -0.175. The van der Waals surface area contributed by atoms with Gasteiger partial charge < -0.3 is 10.2 Å². The molecule has 26 heavy (non-hydrogen) atoms. The highest BCUT2D eigenvalue weighted by Crippen LogP contribution is 2.16. The quantitative estimate of drug-likeness (QED) is 0.632. The van der Waals surface area contributed by atoms with Gasteiger partial charge in [0.25, 0.3) is 0 Å². The summed E-state index contributed by atoms with van der Waals surface area (Å²) in [6.45, 7) is 12.1. The molecule has 0 saturated carbocycles. The van der Waals surface area contributed by atoms with E-state index in [1.54, 1.807) is 6.08 Å². The first-order chi connectivity index (χ1) is 12.7. The number of anilines is 1. The Bertz CT molecular complexity index is 628. The Kier molecular flexibility index (Phi) is 8.79. The van der Waals surface area contributed by atoms with E-state index in [1.165, 1.54) is 12.1 Å². The zero-order valence-electron chi connectivity index (χ0n) is 15.6. The van der Waals surface area contributed by atoms with Crippen molar-refractivity contribution >= 4 is 5.69 Å². The summed E-state index contributed by atoms with van der Waals surface area (Å²) in [5, 5.41) is 3.44. The van der Waals surface area contributed by atoms with E-state index in [4.69, 9.17) is 0 Å². The average molecular weight is 359 g/mol. The van der Waals surface area contributed by atoms with Gasteiger partial charge in [0.2, 0.25) is 0 Å². The van der Waals surface area contributed by atoms with E-state index in [9.17, 15) is 4.39 Å². The number of nitrogens with zero attached hydrogens (tertiary/aromatic N) is 3. The van der Waals surface area contributed by atoms with Crippen molar-refractivity contribution in [3.8, 4) is 0 Å². The molecule has 0 aliphatic carbocycles. The Morgan fingerprint density at radius 2 is 1.85 bits per heavy atom. The van der Waals surface area contributed by atoms with Crippen LogP contribution in [0.4, 0.5) is 10.1 Å². The topological polar surface area (TPSA) is 31.4 Å². The number of halogens is 1. The largest absolute Gasteiger partial charge is 0.369 e. The van der Waals surface area contributed by atoms with Gasteiger partial charge in [0.05, 0.1) is 5.69 Å². The summed E-state index contributed by atoms with van der Waals surface area (Å²) in [5.41, 5.74) is 2.19. The van der Waals surface area contributed by atoms with Gasteiger partial charge in [0.1, 0.15) is 5.82 Å². The smallest absolute Gasteiger partial charge is 0.123 e. The van der Waals surface area contributed by atoms with E-state index in [2.05, 4.69) is 26.7 Å². The number of pyridine rings is 1. The molecule has 4 nitrogen and oxygen atoms in total. The van der Waals surface area contributed by atoms with Gasteiger partial charge in [-0.25, -0.2) is 4.39 Å². The predicted molar refractivity (Wildman–Crippen MR) is 109 cm³/mol. The van der Waals surface area contributed by atoms with Crippen LogP contribution >= 0.6 is 0 Å². The average Bonchev–Trinajstić information content (AvgIpc) is 2.68. The first-order valence-electron chi connectivity index (χ1n) is 9.13. The minimum atomic E-state index is -0.175. The van der Waals surface area contributed by atoms with Gasteiger partial charge in [-0.1, -0.05) is 12.1 Å². The van der Waals surface area contributed by atoms with E-state index in [1.807, 2.05) is 43.5 Å². The number of hydrogen-bond acceptors (Lipinski definition) is 4. The van der Waals surface area contributed by atoms with Crippen molar-refractivity contribution in [1.29, 1.82) is 0 Å². The lowest BCUT2D eigenvalue weighted by molar-refractivity contribution is 0.257. The summed E-state index contributed by atoms with van der Waals surface area (Å²) in [6, 6.07) is 12.8. The molecule has 0 amide bonds. The van der Waals surface area contributed by atoms with Crippen LogP contribution in [0.2, 0.25) is 0 Å². The second-order valence-corrected chi connectivity index (χ2v) is 6.21. The molecule has 1 N–H and O–H groups in total. The molecular formula is C21H31FN4. The van der Waals surface area contributed by atoms with Crippen molar-refractivity contribution in [3.05, 3.63) is 72.8 Å². The summed E-state index contributed by atoms with van der Waals surface area (Å²) in [7, 11) is 0. The van der Waals surface area contributed by atoms with Crippen LogP contribution in [-0.2, 0) is 6.54 Å². The van der Waals surface area contributed by atoms with E-state index in [-0.39, 0.29) is 7.24 Å². The highest BCUT2D eigenvalue weighted by molar-refractivity contribution is 5.46. The summed E-state index contributed by atoms with van der Waals surface area (Å²) in [4.78, 5) is 9.08. The lowest BCUT2D eigenvalue weighted by atomic mass is 10.2. The highest BCUT2D eigenvalue weighted by Gasteiger charge is 2.16. The molecule has 1 aliphatic rings. The first kappa shape index (κ1) is 20.1. The number of aromatic nitrogens is 1. The fourth-order valence-corrected chi connectivity index (χ4v) is 2.84. The molecule has 1 fully saturated rings. The van der Waals surface area contributed by atoms with Gasteiger partial charge in [-0.05, 0) is 43.3 Å². The lowest BCUT2D eigenvalue weighted by Crippen LogP contribution is -2.48. The van der Waals surface area contributed by atoms with E-state index >= 15 is 0 Å². The number of piperazine rings is 1. The summed E-state index contributed by atoms with van der Waals surface area (Å²) >= 11 is 0. The molecule has 0 atom stereocenters. The van der Waals surface area contributed by atoms with Gasteiger partial charge in [-0.2, -0.15) is 0 Å². The first-order valence-corrected chi connectivity index (χ1v) is 9.13. The van der Waals surface area contributed by atoms with Crippen LogP contribution in [0.25, 0.3) is 0 Å². The SMILES string of the molecule is C=CC.Fc1ccc(N2CCN(CCNCc3ccccn3)CC2)cc1.[HH]. The maximum atomic E-state index is 13.0. The van der Waals surface area contributed by atoms with Crippen LogP contribution in [0, 0.1) is 5.82 Å². The van der Waals surface area contributed by atoms with Crippen molar-refractivity contribution in [2.24, 2.45) is 0 Å². The molecule has 0 unspecified atom stereocenters. The Morgan fingerprint density at radius 3 is 2.46 bits per heavy atom. The second kappa shape index (κ2) is 11.4. The zero-order chi connectivity index (χ0) is 18.6. The third-order valence-corrected chi connectivity index (χ3v) is 4.20. The molecule has 2 aromatic rings. The Labute approximate surface area is 157 Å². The van der Waals surface area contributed by atoms with Crippen molar-refractivity contribution in [3.63, 3.8) is 0 Å². The second-order valence-electron chi connectivity index (χ2n) is 6.21. The normalized spacial score (nSPS) is 14.5. The number of rotatable bonds is 6. The zero-order valence-corrected chi connectivity index (χ0v) is 15.6. The fraction of sp³-hybridized carbons (Fsp3) is 0.381. The highest BCUT2D eigenvalue weighted by atomic mass is 19.1. The van der Waals surface area contributed by atoms with Crippen molar-refractivity contribution in [2.45, 2.75) is 13.5 Å². The van der Waals surface area contributed by atoms with Gasteiger partial charge >= 0.3 is 0 Å². The Morgan fingerprint density at radius 1 is 1.15 bits per heavy atom. The van der Waals surface area contributed by atoms with Gasteiger partial charge in [-0.15, -0.1) is 6.58 Å². The molecular weight excluding hydrogens is 327 g/mol. The van der Waals surface area contributed by atoms with Crippen LogP contribution in [0.3, 0.4) is 0 Å². The summed E-state index contributed by atoms with van der Waals surface area (Å²) < 4.78 is 13.0. The monoisotopic (exact) mass is 358 g/mol. The van der Waals surface area contributed by atoms with Gasteiger partial charge in [0, 0.05) is 59.1 Å². The number of hydrogen-bond donors (Lipinski definition) is 1. The number of benzene rings is 1. The molecule has 1 aromatic carbocycles. The molecule has 1 aliphatic heterocycles. The van der Waals surface area contributed by atoms with Crippen molar-refractivity contribution in [1.82, 2.24) is 15.2 Å². The molecule has 2 heterocycles. The third-order valence-electron chi connectivity index (χ3n) is 4.20. The minimum Gasteiger partial charge on any atom is -0.369 e. The van der Waals surface area contributed by atoms with Gasteiger partial charge in [0.15, 0.2) is 0 Å². The lowest BCUT2D eigenvalue weighted by Gasteiger charge is -2.36. The summed E-state index contributed by atoms with van der Waals surface area (Å²) in [6.07, 6.45) is 3.58. The van der Waals surface area contributed by atoms with Crippen LogP contribution in [0.5, 0.6) is 0 Å². The van der Waals surface area contributed by atoms with E-state index in [0.717, 1.165) is 57.2 Å². The van der Waals surface area contributed by atoms with Crippen molar-refractivity contribution in [2.75, 3.05) is 44.2 Å². The minimum absolute atomic E-state index is 0. The van der Waals surface area contributed by atoms with Crippen LogP contribution < -0.4 is 10.2 Å². The molecule has 1 saturated heterocycles. The molecule has 3 rings (SSSR count). The van der Waals surface area contributed by atoms with Crippen LogP contribution in [0.1, 0.15) is 14.0 Å². The van der Waals surface area contributed by atoms with Crippen LogP contribution in [-0.4, -0.2) is 49.2 Å². The Balaban J connectivity index is 0.000000855. The fourth-order valence-electron chi connectivity index (χ4n) is 2.84. The van der Waals surface area contributed by atoms with Crippen molar-refractivity contribution < 1.29 is 5.82 Å². The maximum absolute atomic E-state index is 13.0. The molecule has 5 heteroatoms. The molecule has 0 spiro atoms. The number of allylic oxidation sites excluding steroid dienone is 1. The third kappa shape index (κ3) is 6.94. The van der Waals surface area contributed by atoms with Gasteiger partial charge in [-0.3, -0.25) is 9.88 Å². The standard InChI is InChI=1S/C18H23FN4.C3H6.H2/c19-16-4-6-18(7-5-16)23-13-11-22(12-14-23)10-9-20-15-17-3-1-2-8-21-17;1-3-2;/h1-8,20H,9-15H2;3H,1H2,2H3;1H. The Hall–Kier alpha value is -2.24. The molecule has 0 bridgehead atoms. The molecule has 1 aromatic heterocycles. The van der Waals surface area contributed by atoms with Crippen LogP contribution in [0.15, 0.2) is 61.3 Å². The van der Waals surface area contributed by atoms with E-state index < -0.39 is 0 Å². The van der Waals surface area contributed by atoms with E-state index in [0.29, 0.717) is 0 Å².